The van der Waals surface area contributed by atoms with Crippen molar-refractivity contribution in [2.75, 3.05) is 4.72 Å². The van der Waals surface area contributed by atoms with Gasteiger partial charge in [0.25, 0.3) is 10.0 Å². The summed E-state index contributed by atoms with van der Waals surface area (Å²) in [6.45, 7) is 0. The Morgan fingerprint density at radius 3 is 2.55 bits per heavy atom. The summed E-state index contributed by atoms with van der Waals surface area (Å²) in [5.74, 6) is 0.161. The molecule has 0 unspecified atom stereocenters. The molecule has 3 rings (SSSR count). The summed E-state index contributed by atoms with van der Waals surface area (Å²) in [6.07, 6.45) is 2.95. The molecule has 0 amide bonds. The molecule has 0 saturated carbocycles. The molecule has 0 bridgehead atoms. The standard InChI is InChI=1S/C13H10N4O2S/c18-20(19,10-5-2-1-3-6-10)17-12-9-15-13-11(16-12)7-4-8-14-13/h1-9H,(H,16,17). The van der Waals surface area contributed by atoms with Crippen LogP contribution in [0, 0.1) is 0 Å². The van der Waals surface area contributed by atoms with E-state index >= 15 is 0 Å². The maximum absolute atomic E-state index is 12.1. The van der Waals surface area contributed by atoms with E-state index < -0.39 is 10.0 Å². The van der Waals surface area contributed by atoms with Crippen LogP contribution in [0.5, 0.6) is 0 Å². The number of fused-ring (bicyclic) bond motifs is 1. The molecule has 6 nitrogen and oxygen atoms in total. The molecule has 20 heavy (non-hydrogen) atoms. The van der Waals surface area contributed by atoms with Gasteiger partial charge in [-0.05, 0) is 24.3 Å². The molecule has 0 saturated heterocycles. The van der Waals surface area contributed by atoms with Gasteiger partial charge in [-0.2, -0.15) is 0 Å². The monoisotopic (exact) mass is 286 g/mol. The van der Waals surface area contributed by atoms with Gasteiger partial charge in [0.15, 0.2) is 11.5 Å². The largest absolute Gasteiger partial charge is 0.263 e. The normalized spacial score (nSPS) is 11.4. The predicted molar refractivity (Wildman–Crippen MR) is 74.6 cm³/mol. The summed E-state index contributed by atoms with van der Waals surface area (Å²) >= 11 is 0. The number of aromatic nitrogens is 3. The number of hydrogen-bond donors (Lipinski definition) is 1. The minimum atomic E-state index is -3.65. The minimum Gasteiger partial charge on any atom is -0.262 e. The predicted octanol–water partition coefficient (Wildman–Crippen LogP) is 1.83. The van der Waals surface area contributed by atoms with Crippen LogP contribution in [0.2, 0.25) is 0 Å². The van der Waals surface area contributed by atoms with Crippen molar-refractivity contribution in [3.63, 3.8) is 0 Å². The fourth-order valence-electron chi connectivity index (χ4n) is 1.70. The highest BCUT2D eigenvalue weighted by Gasteiger charge is 2.14. The first kappa shape index (κ1) is 12.5. The van der Waals surface area contributed by atoms with Crippen LogP contribution in [0.25, 0.3) is 11.2 Å². The van der Waals surface area contributed by atoms with Crippen molar-refractivity contribution in [1.29, 1.82) is 0 Å². The molecule has 0 radical (unpaired) electrons. The molecule has 0 spiro atoms. The van der Waals surface area contributed by atoms with Crippen molar-refractivity contribution in [3.8, 4) is 0 Å². The van der Waals surface area contributed by atoms with Crippen LogP contribution in [0.1, 0.15) is 0 Å². The second-order valence-corrected chi connectivity index (χ2v) is 5.70. The van der Waals surface area contributed by atoms with Gasteiger partial charge in [0, 0.05) is 6.20 Å². The van der Waals surface area contributed by atoms with E-state index in [0.29, 0.717) is 11.2 Å². The van der Waals surface area contributed by atoms with Crippen LogP contribution in [0.4, 0.5) is 5.82 Å². The van der Waals surface area contributed by atoms with Crippen molar-refractivity contribution in [2.45, 2.75) is 4.90 Å². The number of rotatable bonds is 3. The topological polar surface area (TPSA) is 84.8 Å². The summed E-state index contributed by atoms with van der Waals surface area (Å²) in [7, 11) is -3.65. The Bertz CT molecular complexity index is 850. The molecule has 3 aromatic rings. The van der Waals surface area contributed by atoms with Gasteiger partial charge in [-0.1, -0.05) is 18.2 Å². The van der Waals surface area contributed by atoms with E-state index in [9.17, 15) is 8.42 Å². The van der Waals surface area contributed by atoms with E-state index in [2.05, 4.69) is 19.7 Å². The molecule has 2 heterocycles. The van der Waals surface area contributed by atoms with Gasteiger partial charge in [0.1, 0.15) is 5.52 Å². The van der Waals surface area contributed by atoms with Gasteiger partial charge in [0.05, 0.1) is 11.1 Å². The van der Waals surface area contributed by atoms with E-state index in [1.54, 1.807) is 36.5 Å². The van der Waals surface area contributed by atoms with E-state index in [4.69, 9.17) is 0 Å². The SMILES string of the molecule is O=S(=O)(Nc1cnc2ncccc2n1)c1ccccc1. The van der Waals surface area contributed by atoms with Gasteiger partial charge >= 0.3 is 0 Å². The number of nitrogens with one attached hydrogen (secondary N) is 1. The molecule has 0 atom stereocenters. The van der Waals surface area contributed by atoms with E-state index in [1.807, 2.05) is 0 Å². The Morgan fingerprint density at radius 2 is 1.75 bits per heavy atom. The van der Waals surface area contributed by atoms with Crippen LogP contribution in [-0.2, 0) is 10.0 Å². The van der Waals surface area contributed by atoms with Crippen molar-refractivity contribution < 1.29 is 8.42 Å². The first-order chi connectivity index (χ1) is 9.65. The number of hydrogen-bond acceptors (Lipinski definition) is 5. The smallest absolute Gasteiger partial charge is 0.262 e. The maximum atomic E-state index is 12.1. The van der Waals surface area contributed by atoms with Crippen LogP contribution >= 0.6 is 0 Å². The van der Waals surface area contributed by atoms with Gasteiger partial charge in [-0.3, -0.25) is 4.72 Å². The lowest BCUT2D eigenvalue weighted by molar-refractivity contribution is 0.601. The molecule has 2 aromatic heterocycles. The zero-order valence-electron chi connectivity index (χ0n) is 10.3. The summed E-state index contributed by atoms with van der Waals surface area (Å²) in [5.41, 5.74) is 0.996. The van der Waals surface area contributed by atoms with Crippen molar-refractivity contribution in [1.82, 2.24) is 15.0 Å². The minimum absolute atomic E-state index is 0.161. The first-order valence-corrected chi connectivity index (χ1v) is 7.29. The van der Waals surface area contributed by atoms with Crippen LogP contribution in [-0.4, -0.2) is 23.4 Å². The average molecular weight is 286 g/mol. The quantitative estimate of drug-likeness (QED) is 0.794. The van der Waals surface area contributed by atoms with Crippen molar-refractivity contribution >= 4 is 27.0 Å². The van der Waals surface area contributed by atoms with Gasteiger partial charge in [-0.25, -0.2) is 23.4 Å². The van der Waals surface area contributed by atoms with E-state index in [0.717, 1.165) is 0 Å². The molecular weight excluding hydrogens is 276 g/mol. The first-order valence-electron chi connectivity index (χ1n) is 5.81. The summed E-state index contributed by atoms with van der Waals surface area (Å²) in [5, 5.41) is 0. The number of benzene rings is 1. The van der Waals surface area contributed by atoms with E-state index in [-0.39, 0.29) is 10.7 Å². The highest BCUT2D eigenvalue weighted by Crippen LogP contribution is 2.15. The zero-order valence-corrected chi connectivity index (χ0v) is 11.1. The molecule has 1 aromatic carbocycles. The third-order valence-electron chi connectivity index (χ3n) is 2.61. The van der Waals surface area contributed by atoms with Gasteiger partial charge in [-0.15, -0.1) is 0 Å². The number of pyridine rings is 1. The molecular formula is C13H10N4O2S. The molecule has 7 heteroatoms. The maximum Gasteiger partial charge on any atom is 0.263 e. The Labute approximate surface area is 115 Å². The fraction of sp³-hybridized carbons (Fsp3) is 0. The highest BCUT2D eigenvalue weighted by molar-refractivity contribution is 7.92. The molecule has 0 aliphatic rings. The molecule has 100 valence electrons. The Kier molecular flexibility index (Phi) is 3.03. The number of nitrogens with zero attached hydrogens (tertiary/aromatic N) is 3. The zero-order chi connectivity index (χ0) is 14.0. The van der Waals surface area contributed by atoms with Crippen LogP contribution in [0.15, 0.2) is 59.8 Å². The summed E-state index contributed by atoms with van der Waals surface area (Å²) in [4.78, 5) is 12.4. The Morgan fingerprint density at radius 1 is 0.950 bits per heavy atom. The second-order valence-electron chi connectivity index (χ2n) is 4.02. The summed E-state index contributed by atoms with van der Waals surface area (Å²) in [6, 6.07) is 11.5. The van der Waals surface area contributed by atoms with Gasteiger partial charge in [0.2, 0.25) is 0 Å². The van der Waals surface area contributed by atoms with E-state index in [1.165, 1.54) is 18.3 Å². The van der Waals surface area contributed by atoms with Crippen molar-refractivity contribution in [2.24, 2.45) is 0 Å². The molecule has 0 fully saturated rings. The third kappa shape index (κ3) is 2.43. The number of anilines is 1. The highest BCUT2D eigenvalue weighted by atomic mass is 32.2. The second kappa shape index (κ2) is 4.86. The average Bonchev–Trinajstić information content (AvgIpc) is 2.48. The summed E-state index contributed by atoms with van der Waals surface area (Å²) < 4.78 is 26.7. The fourth-order valence-corrected chi connectivity index (χ4v) is 2.71. The lowest BCUT2D eigenvalue weighted by Gasteiger charge is -2.07. The molecule has 0 aliphatic carbocycles. The Hall–Kier alpha value is -2.54. The lowest BCUT2D eigenvalue weighted by atomic mass is 10.4. The molecule has 0 aliphatic heterocycles. The molecule has 1 N–H and O–H groups in total. The number of sulfonamides is 1. The van der Waals surface area contributed by atoms with Crippen molar-refractivity contribution in [3.05, 3.63) is 54.9 Å². The Balaban J connectivity index is 1.97. The van der Waals surface area contributed by atoms with Crippen LogP contribution in [0.3, 0.4) is 0 Å². The lowest BCUT2D eigenvalue weighted by Crippen LogP contribution is -2.14. The van der Waals surface area contributed by atoms with Crippen LogP contribution < -0.4 is 4.72 Å². The third-order valence-corrected chi connectivity index (χ3v) is 3.98. The van der Waals surface area contributed by atoms with Gasteiger partial charge < -0.3 is 0 Å².